The monoisotopic (exact) mass is 476 g/mol. The number of hydrogen-bond acceptors (Lipinski definition) is 7. The molecule has 0 bridgehead atoms. The third-order valence-corrected chi connectivity index (χ3v) is 7.73. The fourth-order valence-corrected chi connectivity index (χ4v) is 5.05. The molecular formula is C21H21ClN4O3S2. The Hall–Kier alpha value is -2.62. The lowest BCUT2D eigenvalue weighted by Crippen LogP contribution is -2.25. The van der Waals surface area contributed by atoms with E-state index in [1.54, 1.807) is 30.3 Å². The van der Waals surface area contributed by atoms with Crippen LogP contribution >= 0.6 is 23.4 Å². The number of anilines is 2. The van der Waals surface area contributed by atoms with E-state index >= 15 is 0 Å². The molecule has 162 valence electrons. The normalized spacial score (nSPS) is 12.4. The van der Waals surface area contributed by atoms with Crippen molar-refractivity contribution in [3.05, 3.63) is 65.3 Å². The molecule has 0 fully saturated rings. The number of halogens is 1. The zero-order valence-electron chi connectivity index (χ0n) is 16.9. The minimum Gasteiger partial charge on any atom is -0.382 e. The van der Waals surface area contributed by atoms with Gasteiger partial charge in [0.25, 0.3) is 0 Å². The van der Waals surface area contributed by atoms with Gasteiger partial charge >= 0.3 is 0 Å². The number of nitrogens with two attached hydrogens (primary N) is 1. The molecule has 2 aromatic carbocycles. The maximum atomic E-state index is 12.8. The first kappa shape index (κ1) is 23.1. The van der Waals surface area contributed by atoms with Crippen LogP contribution in [-0.4, -0.2) is 29.5 Å². The van der Waals surface area contributed by atoms with Crippen molar-refractivity contribution < 1.29 is 13.2 Å². The van der Waals surface area contributed by atoms with Crippen LogP contribution in [0.4, 0.5) is 11.5 Å². The Morgan fingerprint density at radius 1 is 1.23 bits per heavy atom. The summed E-state index contributed by atoms with van der Waals surface area (Å²) in [5.74, 6) is -0.400. The van der Waals surface area contributed by atoms with Crippen LogP contribution < -0.4 is 11.1 Å². The zero-order valence-corrected chi connectivity index (χ0v) is 19.3. The molecule has 0 saturated heterocycles. The van der Waals surface area contributed by atoms with Crippen molar-refractivity contribution in [2.75, 3.05) is 11.1 Å². The van der Waals surface area contributed by atoms with Crippen molar-refractivity contribution in [2.24, 2.45) is 0 Å². The lowest BCUT2D eigenvalue weighted by Gasteiger charge is -2.16. The molecule has 31 heavy (non-hydrogen) atoms. The molecule has 0 saturated carbocycles. The van der Waals surface area contributed by atoms with Gasteiger partial charge in [-0.2, -0.15) is 0 Å². The van der Waals surface area contributed by atoms with E-state index in [9.17, 15) is 13.2 Å². The van der Waals surface area contributed by atoms with Crippen molar-refractivity contribution in [3.63, 3.8) is 0 Å². The van der Waals surface area contributed by atoms with Gasteiger partial charge in [0.2, 0.25) is 15.7 Å². The van der Waals surface area contributed by atoms with Crippen LogP contribution in [0.25, 0.3) is 0 Å². The number of nitrogen functional groups attached to an aromatic ring is 1. The topological polar surface area (TPSA) is 115 Å². The maximum absolute atomic E-state index is 12.8. The second kappa shape index (κ2) is 9.67. The number of aryl methyl sites for hydroxylation is 1. The van der Waals surface area contributed by atoms with Crippen molar-refractivity contribution in [2.45, 2.75) is 40.5 Å². The van der Waals surface area contributed by atoms with Crippen LogP contribution in [0.15, 0.2) is 69.7 Å². The molecule has 1 unspecified atom stereocenters. The largest absolute Gasteiger partial charge is 0.382 e. The number of thioether (sulfide) groups is 1. The first-order valence-electron chi connectivity index (χ1n) is 9.38. The van der Waals surface area contributed by atoms with Gasteiger partial charge in [0.15, 0.2) is 5.16 Å². The van der Waals surface area contributed by atoms with Crippen molar-refractivity contribution in [1.29, 1.82) is 0 Å². The molecule has 1 aromatic heterocycles. The van der Waals surface area contributed by atoms with Crippen LogP contribution in [0, 0.1) is 6.92 Å². The molecule has 3 N–H and O–H groups in total. The van der Waals surface area contributed by atoms with Gasteiger partial charge in [0.1, 0.15) is 10.7 Å². The summed E-state index contributed by atoms with van der Waals surface area (Å²) in [6.45, 7) is 3.73. The minimum atomic E-state index is -3.84. The smallest absolute Gasteiger partial charge is 0.237 e. The molecule has 3 aromatic rings. The van der Waals surface area contributed by atoms with Crippen molar-refractivity contribution in [3.8, 4) is 0 Å². The molecule has 1 atom stereocenters. The number of hydrogen-bond donors (Lipinski definition) is 2. The highest BCUT2D eigenvalue weighted by Crippen LogP contribution is 2.29. The molecule has 1 heterocycles. The number of carbonyl (C=O) groups excluding carboxylic acids is 1. The van der Waals surface area contributed by atoms with Crippen LogP contribution in [0.3, 0.4) is 0 Å². The van der Waals surface area contributed by atoms with E-state index in [2.05, 4.69) is 15.3 Å². The molecule has 1 amide bonds. The number of nitrogens with one attached hydrogen (secondary N) is 1. The molecule has 0 spiro atoms. The van der Waals surface area contributed by atoms with Crippen molar-refractivity contribution in [1.82, 2.24) is 9.97 Å². The molecule has 10 heteroatoms. The van der Waals surface area contributed by atoms with Gasteiger partial charge in [0, 0.05) is 10.7 Å². The van der Waals surface area contributed by atoms with Crippen LogP contribution in [0.2, 0.25) is 5.02 Å². The highest BCUT2D eigenvalue weighted by atomic mass is 35.5. The Kier molecular flexibility index (Phi) is 7.19. The third kappa shape index (κ3) is 5.36. The summed E-state index contributed by atoms with van der Waals surface area (Å²) in [4.78, 5) is 20.9. The molecule has 3 rings (SSSR count). The first-order valence-corrected chi connectivity index (χ1v) is 12.1. The summed E-state index contributed by atoms with van der Waals surface area (Å²) in [6, 6.07) is 13.2. The number of carbonyl (C=O) groups is 1. The Labute approximate surface area is 190 Å². The number of sulfone groups is 1. The van der Waals surface area contributed by atoms with Gasteiger partial charge in [-0.3, -0.25) is 4.79 Å². The Morgan fingerprint density at radius 3 is 2.58 bits per heavy atom. The van der Waals surface area contributed by atoms with E-state index in [1.165, 1.54) is 18.3 Å². The highest BCUT2D eigenvalue weighted by molar-refractivity contribution is 8.00. The quantitative estimate of drug-likeness (QED) is 0.384. The average Bonchev–Trinajstić information content (AvgIpc) is 2.75. The highest BCUT2D eigenvalue weighted by Gasteiger charge is 2.24. The number of nitrogens with zero attached hydrogens (tertiary/aromatic N) is 2. The Morgan fingerprint density at radius 2 is 1.94 bits per heavy atom. The third-order valence-electron chi connectivity index (χ3n) is 4.47. The number of amides is 1. The Bertz CT molecular complexity index is 1200. The predicted octanol–water partition coefficient (Wildman–Crippen LogP) is 4.36. The molecule has 0 radical (unpaired) electrons. The van der Waals surface area contributed by atoms with E-state index < -0.39 is 15.1 Å². The lowest BCUT2D eigenvalue weighted by molar-refractivity contribution is -0.115. The zero-order chi connectivity index (χ0) is 22.6. The molecule has 0 aliphatic heterocycles. The minimum absolute atomic E-state index is 0.105. The van der Waals surface area contributed by atoms with E-state index in [0.29, 0.717) is 17.1 Å². The van der Waals surface area contributed by atoms with Gasteiger partial charge in [-0.05, 0) is 43.2 Å². The average molecular weight is 477 g/mol. The standard InChI is InChI=1S/C21H21ClN4O3S2/c1-3-17(20(27)25-16-11-14(22)10-9-13(16)2)30-21-24-12-18(19(23)26-21)31(28,29)15-7-5-4-6-8-15/h4-12,17H,3H2,1-2H3,(H,25,27)(H2,23,24,26). The predicted molar refractivity (Wildman–Crippen MR) is 123 cm³/mol. The second-order valence-electron chi connectivity index (χ2n) is 6.68. The summed E-state index contributed by atoms with van der Waals surface area (Å²) in [6.07, 6.45) is 1.68. The molecule has 7 nitrogen and oxygen atoms in total. The first-order chi connectivity index (χ1) is 14.7. The lowest BCUT2D eigenvalue weighted by atomic mass is 10.2. The van der Waals surface area contributed by atoms with Gasteiger partial charge in [0.05, 0.1) is 16.3 Å². The van der Waals surface area contributed by atoms with E-state index in [-0.39, 0.29) is 26.7 Å². The van der Waals surface area contributed by atoms with Crippen LogP contribution in [0.5, 0.6) is 0 Å². The summed E-state index contributed by atoms with van der Waals surface area (Å²) in [7, 11) is -3.84. The van der Waals surface area contributed by atoms with E-state index in [4.69, 9.17) is 17.3 Å². The van der Waals surface area contributed by atoms with Crippen LogP contribution in [-0.2, 0) is 14.6 Å². The summed E-state index contributed by atoms with van der Waals surface area (Å²) < 4.78 is 25.5. The van der Waals surface area contributed by atoms with E-state index in [0.717, 1.165) is 17.3 Å². The van der Waals surface area contributed by atoms with Crippen LogP contribution in [0.1, 0.15) is 18.9 Å². The van der Waals surface area contributed by atoms with Gasteiger partial charge in [-0.15, -0.1) is 0 Å². The molecule has 0 aliphatic rings. The summed E-state index contributed by atoms with van der Waals surface area (Å²) in [5, 5.41) is 3.10. The fraction of sp³-hybridized carbons (Fsp3) is 0.190. The summed E-state index contributed by atoms with van der Waals surface area (Å²) >= 11 is 7.13. The maximum Gasteiger partial charge on any atom is 0.237 e. The van der Waals surface area contributed by atoms with Gasteiger partial charge in [-0.25, -0.2) is 18.4 Å². The Balaban J connectivity index is 1.79. The molecule has 0 aliphatic carbocycles. The fourth-order valence-electron chi connectivity index (χ4n) is 2.75. The number of benzene rings is 2. The van der Waals surface area contributed by atoms with E-state index in [1.807, 2.05) is 19.9 Å². The SMILES string of the molecule is CCC(Sc1ncc(S(=O)(=O)c2ccccc2)c(N)n1)C(=O)Nc1cc(Cl)ccc1C. The second-order valence-corrected chi connectivity index (χ2v) is 10.2. The van der Waals surface area contributed by atoms with Gasteiger partial charge in [-0.1, -0.05) is 54.6 Å². The number of aromatic nitrogens is 2. The van der Waals surface area contributed by atoms with Crippen molar-refractivity contribution >= 4 is 50.6 Å². The van der Waals surface area contributed by atoms with Gasteiger partial charge < -0.3 is 11.1 Å². The number of rotatable bonds is 7. The molecular weight excluding hydrogens is 456 g/mol. The summed E-state index contributed by atoms with van der Waals surface area (Å²) in [5.41, 5.74) is 7.45.